The molecule has 2 heterocycles. The molecule has 2 aliphatic heterocycles. The quantitative estimate of drug-likeness (QED) is 0.813. The molecule has 1 atom stereocenters. The Balaban J connectivity index is 1.98. The number of benzene rings is 1. The van der Waals surface area contributed by atoms with Crippen LogP contribution in [0.15, 0.2) is 41.4 Å². The molecule has 0 fully saturated rings. The van der Waals surface area contributed by atoms with Gasteiger partial charge in [-0.1, -0.05) is 38.1 Å². The molecule has 4 nitrogen and oxygen atoms in total. The second-order valence-corrected chi connectivity index (χ2v) is 7.49. The topological polar surface area (TPSA) is 53.6 Å². The Bertz CT molecular complexity index is 839. The number of allylic oxidation sites excluding steroid dienone is 1. The maximum atomic E-state index is 14.5. The first-order valence-electron chi connectivity index (χ1n) is 8.71. The van der Waals surface area contributed by atoms with Crippen LogP contribution < -0.4 is 11.1 Å². The van der Waals surface area contributed by atoms with E-state index in [0.29, 0.717) is 23.7 Å². The number of aliphatic imine (C=N–C) groups is 1. The maximum Gasteiger partial charge on any atom is 0.149 e. The molecule has 3 rings (SSSR count). The Morgan fingerprint density at radius 1 is 1.50 bits per heavy atom. The largest absolute Gasteiger partial charge is 0.382 e. The van der Waals surface area contributed by atoms with Crippen LogP contribution in [0.4, 0.5) is 4.39 Å². The summed E-state index contributed by atoms with van der Waals surface area (Å²) in [5.74, 6) is 0.480. The van der Waals surface area contributed by atoms with E-state index in [1.54, 1.807) is 18.3 Å². The van der Waals surface area contributed by atoms with E-state index in [2.05, 4.69) is 35.6 Å². The summed E-state index contributed by atoms with van der Waals surface area (Å²) >= 11 is 6.16. The first-order valence-corrected chi connectivity index (χ1v) is 9.09. The van der Waals surface area contributed by atoms with Crippen LogP contribution in [0.3, 0.4) is 0 Å². The van der Waals surface area contributed by atoms with Crippen molar-refractivity contribution in [2.45, 2.75) is 39.8 Å². The van der Waals surface area contributed by atoms with Crippen molar-refractivity contribution in [2.75, 3.05) is 0 Å². The van der Waals surface area contributed by atoms with Gasteiger partial charge >= 0.3 is 0 Å². The second-order valence-electron chi connectivity index (χ2n) is 7.08. The van der Waals surface area contributed by atoms with Gasteiger partial charge < -0.3 is 16.0 Å². The highest BCUT2D eigenvalue weighted by atomic mass is 35.5. The van der Waals surface area contributed by atoms with Crippen molar-refractivity contribution in [1.82, 2.24) is 10.2 Å². The average Bonchev–Trinajstić information content (AvgIpc) is 2.89. The van der Waals surface area contributed by atoms with Gasteiger partial charge in [0.25, 0.3) is 0 Å². The van der Waals surface area contributed by atoms with Gasteiger partial charge in [-0.15, -0.1) is 0 Å². The summed E-state index contributed by atoms with van der Waals surface area (Å²) in [6.07, 6.45) is 6.54. The van der Waals surface area contributed by atoms with Gasteiger partial charge in [0.2, 0.25) is 0 Å². The lowest BCUT2D eigenvalue weighted by molar-refractivity contribution is 0.347. The van der Waals surface area contributed by atoms with Crippen LogP contribution in [-0.4, -0.2) is 16.9 Å². The number of amidine groups is 1. The van der Waals surface area contributed by atoms with Crippen molar-refractivity contribution in [2.24, 2.45) is 16.6 Å². The van der Waals surface area contributed by atoms with Crippen LogP contribution in [0.25, 0.3) is 6.08 Å². The number of rotatable bonds is 5. The van der Waals surface area contributed by atoms with E-state index in [4.69, 9.17) is 17.3 Å². The first kappa shape index (κ1) is 18.5. The molecule has 1 aromatic carbocycles. The fraction of sp³-hybridized carbons (Fsp3) is 0.350. The van der Waals surface area contributed by atoms with Crippen molar-refractivity contribution in [3.05, 3.63) is 64.0 Å². The van der Waals surface area contributed by atoms with E-state index in [1.807, 2.05) is 13.1 Å². The SMILES string of the molecule is C=Cc1c(F)c(Cl)cc(CC2NC(C)=C3C(N)=NC=CN32)c1CC(C)C. The van der Waals surface area contributed by atoms with Crippen molar-refractivity contribution in [3.63, 3.8) is 0 Å². The Morgan fingerprint density at radius 3 is 2.88 bits per heavy atom. The molecule has 3 N–H and O–H groups in total. The molecular weight excluding hydrogens is 351 g/mol. The number of hydrogen-bond donors (Lipinski definition) is 2. The fourth-order valence-corrected chi connectivity index (χ4v) is 3.86. The van der Waals surface area contributed by atoms with Crippen LogP contribution >= 0.6 is 11.6 Å². The molecule has 26 heavy (non-hydrogen) atoms. The molecule has 0 aromatic heterocycles. The smallest absolute Gasteiger partial charge is 0.149 e. The Hall–Kier alpha value is -2.27. The normalized spacial score (nSPS) is 18.9. The molecule has 138 valence electrons. The molecule has 0 aliphatic carbocycles. The van der Waals surface area contributed by atoms with E-state index in [-0.39, 0.29) is 11.2 Å². The molecule has 2 aliphatic rings. The minimum atomic E-state index is -0.398. The highest BCUT2D eigenvalue weighted by Gasteiger charge is 2.32. The van der Waals surface area contributed by atoms with E-state index in [9.17, 15) is 4.39 Å². The molecule has 0 bridgehead atoms. The third kappa shape index (κ3) is 3.23. The highest BCUT2D eigenvalue weighted by Crippen LogP contribution is 2.32. The summed E-state index contributed by atoms with van der Waals surface area (Å²) in [6, 6.07) is 1.74. The van der Waals surface area contributed by atoms with Crippen molar-refractivity contribution >= 4 is 23.5 Å². The maximum absolute atomic E-state index is 14.5. The van der Waals surface area contributed by atoms with Gasteiger partial charge in [-0.25, -0.2) is 9.38 Å². The summed E-state index contributed by atoms with van der Waals surface area (Å²) < 4.78 is 14.5. The van der Waals surface area contributed by atoms with E-state index in [0.717, 1.165) is 28.9 Å². The van der Waals surface area contributed by atoms with E-state index >= 15 is 0 Å². The van der Waals surface area contributed by atoms with Crippen LogP contribution in [-0.2, 0) is 12.8 Å². The zero-order chi connectivity index (χ0) is 19.0. The number of halogens is 2. The molecule has 0 saturated heterocycles. The van der Waals surface area contributed by atoms with Gasteiger partial charge in [-0.3, -0.25) is 0 Å². The monoisotopic (exact) mass is 374 g/mol. The van der Waals surface area contributed by atoms with Crippen LogP contribution in [0.5, 0.6) is 0 Å². The lowest BCUT2D eigenvalue weighted by atomic mass is 9.90. The van der Waals surface area contributed by atoms with Crippen LogP contribution in [0.2, 0.25) is 5.02 Å². The molecular formula is C20H24ClFN4. The Kier molecular flexibility index (Phi) is 5.10. The number of hydrogen-bond acceptors (Lipinski definition) is 4. The second kappa shape index (κ2) is 7.16. The van der Waals surface area contributed by atoms with E-state index < -0.39 is 5.82 Å². The minimum Gasteiger partial charge on any atom is -0.382 e. The summed E-state index contributed by atoms with van der Waals surface area (Å²) in [4.78, 5) is 6.24. The van der Waals surface area contributed by atoms with Gasteiger partial charge in [0, 0.05) is 30.1 Å². The van der Waals surface area contributed by atoms with Gasteiger partial charge in [0.1, 0.15) is 23.5 Å². The third-order valence-electron chi connectivity index (χ3n) is 4.71. The fourth-order valence-electron chi connectivity index (χ4n) is 3.63. The number of nitrogens with zero attached hydrogens (tertiary/aromatic N) is 2. The summed E-state index contributed by atoms with van der Waals surface area (Å²) in [5, 5.41) is 3.58. The molecule has 0 amide bonds. The number of nitrogens with two attached hydrogens (primary N) is 1. The van der Waals surface area contributed by atoms with Gasteiger partial charge in [0.05, 0.1) is 5.02 Å². The summed E-state index contributed by atoms with van der Waals surface area (Å²) in [6.45, 7) is 10.00. The van der Waals surface area contributed by atoms with Crippen LogP contribution in [0.1, 0.15) is 37.5 Å². The number of nitrogens with one attached hydrogen (secondary N) is 1. The average molecular weight is 375 g/mol. The van der Waals surface area contributed by atoms with E-state index in [1.165, 1.54) is 0 Å². The lowest BCUT2D eigenvalue weighted by Gasteiger charge is -2.28. The zero-order valence-electron chi connectivity index (χ0n) is 15.3. The predicted molar refractivity (Wildman–Crippen MR) is 106 cm³/mol. The van der Waals surface area contributed by atoms with Crippen molar-refractivity contribution in [1.29, 1.82) is 0 Å². The first-order chi connectivity index (χ1) is 12.3. The standard InChI is InChI=1S/C20H24ClFN4/c1-5-14-15(8-11(2)3)13(9-16(21)18(14)22)10-17-25-12(4)19-20(23)24-6-7-26(17)19/h5-7,9,11,17,25H,1,8,10H2,2-4H3,(H2,23,24). The molecule has 0 saturated carbocycles. The molecule has 1 aromatic rings. The van der Waals surface area contributed by atoms with Gasteiger partial charge in [-0.2, -0.15) is 0 Å². The summed E-state index contributed by atoms with van der Waals surface area (Å²) in [7, 11) is 0. The molecule has 6 heteroatoms. The highest BCUT2D eigenvalue weighted by molar-refractivity contribution is 6.31. The minimum absolute atomic E-state index is 0.0274. The molecule has 0 spiro atoms. The lowest BCUT2D eigenvalue weighted by Crippen LogP contribution is -2.39. The van der Waals surface area contributed by atoms with Gasteiger partial charge in [-0.05, 0) is 36.5 Å². The van der Waals surface area contributed by atoms with Crippen molar-refractivity contribution in [3.8, 4) is 0 Å². The Labute approximate surface area is 158 Å². The van der Waals surface area contributed by atoms with Crippen molar-refractivity contribution < 1.29 is 4.39 Å². The molecule has 0 radical (unpaired) electrons. The zero-order valence-corrected chi connectivity index (χ0v) is 16.1. The predicted octanol–water partition coefficient (Wildman–Crippen LogP) is 4.17. The molecule has 1 unspecified atom stereocenters. The van der Waals surface area contributed by atoms with Crippen LogP contribution in [0, 0.1) is 11.7 Å². The summed E-state index contributed by atoms with van der Waals surface area (Å²) in [5.41, 5.74) is 10.4. The Morgan fingerprint density at radius 2 is 2.23 bits per heavy atom. The van der Waals surface area contributed by atoms with Gasteiger partial charge in [0.15, 0.2) is 0 Å². The number of fused-ring (bicyclic) bond motifs is 1. The third-order valence-corrected chi connectivity index (χ3v) is 4.98.